The smallest absolute Gasteiger partial charge is 0.322 e. The van der Waals surface area contributed by atoms with Gasteiger partial charge in [-0.2, -0.15) is 0 Å². The Labute approximate surface area is 149 Å². The van der Waals surface area contributed by atoms with E-state index in [1.165, 1.54) is 18.5 Å². The number of rotatable bonds is 5. The monoisotopic (exact) mass is 364 g/mol. The van der Waals surface area contributed by atoms with Gasteiger partial charge >= 0.3 is 6.01 Å². The van der Waals surface area contributed by atoms with E-state index in [1.807, 2.05) is 4.90 Å². The molecule has 1 aromatic heterocycles. The lowest BCUT2D eigenvalue weighted by molar-refractivity contribution is -0.138. The summed E-state index contributed by atoms with van der Waals surface area (Å²) in [5.41, 5.74) is 0.781. The first-order valence-electron chi connectivity index (χ1n) is 8.05. The third-order valence-electron chi connectivity index (χ3n) is 3.89. The second kappa shape index (κ2) is 8.15. The Morgan fingerprint density at radius 3 is 2.69 bits per heavy atom. The number of hydrogen-bond acceptors (Lipinski definition) is 6. The number of nitrogens with one attached hydrogen (secondary N) is 1. The largest absolute Gasteiger partial charge is 0.418 e. The molecule has 138 valence electrons. The van der Waals surface area contributed by atoms with Gasteiger partial charge in [-0.3, -0.25) is 9.69 Å². The van der Waals surface area contributed by atoms with E-state index in [-0.39, 0.29) is 11.9 Å². The number of morpholine rings is 1. The van der Waals surface area contributed by atoms with E-state index in [4.69, 9.17) is 9.47 Å². The molecule has 1 aliphatic rings. The van der Waals surface area contributed by atoms with Gasteiger partial charge in [-0.05, 0) is 12.1 Å². The molecule has 1 aliphatic heterocycles. The zero-order valence-electron chi connectivity index (χ0n) is 14.1. The van der Waals surface area contributed by atoms with Crippen molar-refractivity contribution >= 4 is 5.91 Å². The first-order chi connectivity index (χ1) is 12.6. The molecule has 1 amide bonds. The minimum absolute atomic E-state index is 0.150. The summed E-state index contributed by atoms with van der Waals surface area (Å²) < 4.78 is 37.7. The fourth-order valence-corrected chi connectivity index (χ4v) is 2.57. The molecule has 1 fully saturated rings. The summed E-state index contributed by atoms with van der Waals surface area (Å²) in [7, 11) is 1.57. The van der Waals surface area contributed by atoms with Crippen LogP contribution in [0, 0.1) is 11.6 Å². The third-order valence-corrected chi connectivity index (χ3v) is 3.89. The minimum Gasteiger partial charge on any atom is -0.418 e. The Morgan fingerprint density at radius 2 is 2.04 bits per heavy atom. The summed E-state index contributed by atoms with van der Waals surface area (Å²) >= 11 is 0. The predicted octanol–water partition coefficient (Wildman–Crippen LogP) is 1.49. The number of para-hydroxylation sites is 1. The molecule has 0 spiro atoms. The van der Waals surface area contributed by atoms with E-state index in [0.29, 0.717) is 26.2 Å². The Kier molecular flexibility index (Phi) is 5.69. The second-order valence-electron chi connectivity index (χ2n) is 5.74. The van der Waals surface area contributed by atoms with Crippen molar-refractivity contribution in [3.05, 3.63) is 47.8 Å². The van der Waals surface area contributed by atoms with Crippen molar-refractivity contribution in [2.45, 2.75) is 12.6 Å². The van der Waals surface area contributed by atoms with Crippen molar-refractivity contribution in [1.82, 2.24) is 20.2 Å². The fourth-order valence-electron chi connectivity index (χ4n) is 2.57. The Morgan fingerprint density at radius 1 is 1.35 bits per heavy atom. The number of carbonyl (C=O) groups is 1. The van der Waals surface area contributed by atoms with Gasteiger partial charge in [0.1, 0.15) is 6.10 Å². The van der Waals surface area contributed by atoms with Gasteiger partial charge in [-0.1, -0.05) is 6.07 Å². The maximum atomic E-state index is 13.6. The van der Waals surface area contributed by atoms with Gasteiger partial charge in [0.15, 0.2) is 11.6 Å². The summed E-state index contributed by atoms with van der Waals surface area (Å²) in [6.07, 6.45) is 2.53. The Balaban J connectivity index is 1.62. The van der Waals surface area contributed by atoms with E-state index < -0.39 is 23.5 Å². The van der Waals surface area contributed by atoms with Crippen molar-refractivity contribution in [1.29, 1.82) is 0 Å². The van der Waals surface area contributed by atoms with Gasteiger partial charge in [0, 0.05) is 44.6 Å². The van der Waals surface area contributed by atoms with Crippen molar-refractivity contribution in [3.8, 4) is 11.8 Å². The maximum absolute atomic E-state index is 13.6. The summed E-state index contributed by atoms with van der Waals surface area (Å²) in [4.78, 5) is 21.7. The molecule has 2 heterocycles. The number of carbonyl (C=O) groups excluding carboxylic acids is 1. The van der Waals surface area contributed by atoms with E-state index in [1.54, 1.807) is 7.05 Å². The highest BCUT2D eigenvalue weighted by atomic mass is 19.1. The van der Waals surface area contributed by atoms with Crippen LogP contribution in [0.4, 0.5) is 8.78 Å². The second-order valence-corrected chi connectivity index (χ2v) is 5.74. The predicted molar refractivity (Wildman–Crippen MR) is 87.5 cm³/mol. The van der Waals surface area contributed by atoms with Gasteiger partial charge in [-0.15, -0.1) is 0 Å². The number of amides is 1. The molecule has 1 atom stereocenters. The number of hydrogen-bond donors (Lipinski definition) is 1. The van der Waals surface area contributed by atoms with Crippen LogP contribution in [-0.4, -0.2) is 53.6 Å². The van der Waals surface area contributed by atoms with Crippen LogP contribution in [0.25, 0.3) is 0 Å². The number of likely N-dealkylation sites (N-methyl/N-ethyl adjacent to an activating group) is 1. The molecule has 0 bridgehead atoms. The van der Waals surface area contributed by atoms with Crippen LogP contribution < -0.4 is 10.1 Å². The van der Waals surface area contributed by atoms with Crippen molar-refractivity contribution in [2.75, 3.05) is 26.7 Å². The van der Waals surface area contributed by atoms with Gasteiger partial charge in [-0.25, -0.2) is 18.7 Å². The summed E-state index contributed by atoms with van der Waals surface area (Å²) in [5.74, 6) is -2.36. The quantitative estimate of drug-likeness (QED) is 0.866. The average Bonchev–Trinajstić information content (AvgIpc) is 2.66. The van der Waals surface area contributed by atoms with Crippen LogP contribution in [0.2, 0.25) is 0 Å². The normalized spacial score (nSPS) is 17.7. The summed E-state index contributed by atoms with van der Waals surface area (Å²) in [6.45, 7) is 2.10. The van der Waals surface area contributed by atoms with Gasteiger partial charge in [0.05, 0.1) is 6.61 Å². The molecule has 0 radical (unpaired) electrons. The van der Waals surface area contributed by atoms with Crippen molar-refractivity contribution in [2.24, 2.45) is 0 Å². The zero-order valence-corrected chi connectivity index (χ0v) is 14.1. The van der Waals surface area contributed by atoms with Crippen LogP contribution in [0.3, 0.4) is 0 Å². The lowest BCUT2D eigenvalue weighted by Crippen LogP contribution is -2.48. The SMILES string of the molecule is CNC(=O)[C@@H]1CN(Cc2cnc(Oc3c(F)cccc3F)nc2)CCO1. The van der Waals surface area contributed by atoms with Gasteiger partial charge < -0.3 is 14.8 Å². The Hall–Kier alpha value is -2.65. The number of benzene rings is 1. The molecule has 9 heteroatoms. The number of nitrogens with zero attached hydrogens (tertiary/aromatic N) is 3. The molecule has 26 heavy (non-hydrogen) atoms. The Bertz CT molecular complexity index is 753. The lowest BCUT2D eigenvalue weighted by Gasteiger charge is -2.31. The number of ether oxygens (including phenoxy) is 2. The average molecular weight is 364 g/mol. The van der Waals surface area contributed by atoms with E-state index in [0.717, 1.165) is 17.7 Å². The molecule has 7 nitrogen and oxygen atoms in total. The standard InChI is InChI=1S/C17H18F2N4O3/c1-20-16(24)14-10-23(5-6-25-14)9-11-7-21-17(22-8-11)26-15-12(18)3-2-4-13(15)19/h2-4,7-8,14H,5-6,9-10H2,1H3,(H,20,24)/t14-/m0/s1. The highest BCUT2D eigenvalue weighted by Gasteiger charge is 2.25. The zero-order chi connectivity index (χ0) is 18.5. The lowest BCUT2D eigenvalue weighted by atomic mass is 10.2. The highest BCUT2D eigenvalue weighted by Crippen LogP contribution is 2.25. The first-order valence-corrected chi connectivity index (χ1v) is 8.05. The van der Waals surface area contributed by atoms with Crippen molar-refractivity contribution < 1.29 is 23.0 Å². The van der Waals surface area contributed by atoms with Crippen LogP contribution in [0.15, 0.2) is 30.6 Å². The van der Waals surface area contributed by atoms with Crippen LogP contribution in [0.1, 0.15) is 5.56 Å². The molecule has 0 saturated carbocycles. The molecule has 1 saturated heterocycles. The van der Waals surface area contributed by atoms with Crippen molar-refractivity contribution in [3.63, 3.8) is 0 Å². The number of halogens is 2. The maximum Gasteiger partial charge on any atom is 0.322 e. The minimum atomic E-state index is -0.828. The summed E-state index contributed by atoms with van der Waals surface area (Å²) in [6, 6.07) is 3.28. The summed E-state index contributed by atoms with van der Waals surface area (Å²) in [5, 5.41) is 2.57. The molecular formula is C17H18F2N4O3. The highest BCUT2D eigenvalue weighted by molar-refractivity contribution is 5.80. The van der Waals surface area contributed by atoms with Crippen LogP contribution in [0.5, 0.6) is 11.8 Å². The molecule has 1 aromatic carbocycles. The van der Waals surface area contributed by atoms with Crippen LogP contribution in [-0.2, 0) is 16.1 Å². The molecule has 1 N–H and O–H groups in total. The van der Waals surface area contributed by atoms with E-state index in [9.17, 15) is 13.6 Å². The molecule has 3 rings (SSSR count). The van der Waals surface area contributed by atoms with E-state index in [2.05, 4.69) is 15.3 Å². The third kappa shape index (κ3) is 4.30. The molecule has 0 unspecified atom stereocenters. The number of aromatic nitrogens is 2. The topological polar surface area (TPSA) is 76.6 Å². The molecular weight excluding hydrogens is 346 g/mol. The van der Waals surface area contributed by atoms with Gasteiger partial charge in [0.25, 0.3) is 0 Å². The molecule has 0 aliphatic carbocycles. The van der Waals surface area contributed by atoms with E-state index >= 15 is 0 Å². The van der Waals surface area contributed by atoms with Gasteiger partial charge in [0.2, 0.25) is 11.7 Å². The fraction of sp³-hybridized carbons (Fsp3) is 0.353. The first kappa shape index (κ1) is 18.2. The van der Waals surface area contributed by atoms with Crippen LogP contribution >= 0.6 is 0 Å². The molecule has 2 aromatic rings.